The van der Waals surface area contributed by atoms with Gasteiger partial charge < -0.3 is 20.6 Å². The molecule has 3 rings (SSSR count). The number of rotatable bonds is 7. The summed E-state index contributed by atoms with van der Waals surface area (Å²) in [5, 5.41) is 20.3. The van der Waals surface area contributed by atoms with Crippen LogP contribution in [0.15, 0.2) is 41.4 Å². The van der Waals surface area contributed by atoms with Crippen LogP contribution in [-0.4, -0.2) is 59.9 Å². The molecule has 6 N–H and O–H groups in total. The summed E-state index contributed by atoms with van der Waals surface area (Å²) in [4.78, 5) is 39.7. The number of likely N-dealkylation sites (N-methyl/N-ethyl adjacent to an activating group) is 2. The number of hydrogen-bond donors (Lipinski definition) is 5. The van der Waals surface area contributed by atoms with Gasteiger partial charge in [-0.15, -0.1) is 0 Å². The van der Waals surface area contributed by atoms with Gasteiger partial charge in [-0.05, 0) is 33.0 Å². The highest BCUT2D eigenvalue weighted by Gasteiger charge is 2.44. The van der Waals surface area contributed by atoms with Crippen molar-refractivity contribution in [2.45, 2.75) is 25.6 Å². The predicted molar refractivity (Wildman–Crippen MR) is 110 cm³/mol. The van der Waals surface area contributed by atoms with Crippen molar-refractivity contribution in [1.29, 1.82) is 0 Å². The number of amides is 2. The first-order valence-corrected chi connectivity index (χ1v) is 10.2. The lowest BCUT2D eigenvalue weighted by Gasteiger charge is -2.39. The second kappa shape index (κ2) is 9.55. The number of halogens is 2. The topological polar surface area (TPSA) is 127 Å². The quantitative estimate of drug-likeness (QED) is 0.272. The zero-order valence-corrected chi connectivity index (χ0v) is 17.8. The van der Waals surface area contributed by atoms with E-state index in [4.69, 9.17) is 0 Å². The molecule has 1 atom stereocenters. The fraction of sp³-hybridized carbons (Fsp3) is 0.381. The highest BCUT2D eigenvalue weighted by Crippen LogP contribution is 2.22. The maximum Gasteiger partial charge on any atom is 0.313 e. The van der Waals surface area contributed by atoms with Crippen molar-refractivity contribution in [2.24, 2.45) is 0 Å². The Morgan fingerprint density at radius 1 is 1.34 bits per heavy atom. The SMILES string of the molecule is CCN(C(=O)C1=C(O)C(=O)C(C(=O)NCc2ccc(F)cc2F)=C[NH2+]1)C1(NC)CCNC1. The molecule has 2 aliphatic rings. The van der Waals surface area contributed by atoms with Crippen molar-refractivity contribution in [1.82, 2.24) is 20.9 Å². The van der Waals surface area contributed by atoms with Gasteiger partial charge in [0.05, 0.1) is 0 Å². The van der Waals surface area contributed by atoms with Crippen LogP contribution in [0.4, 0.5) is 8.78 Å². The minimum absolute atomic E-state index is 0.0318. The average Bonchev–Trinajstić information content (AvgIpc) is 3.25. The van der Waals surface area contributed by atoms with Crippen molar-refractivity contribution >= 4 is 17.6 Å². The van der Waals surface area contributed by atoms with Gasteiger partial charge in [0.25, 0.3) is 5.91 Å². The average molecular weight is 450 g/mol. The van der Waals surface area contributed by atoms with Crippen LogP contribution < -0.4 is 21.3 Å². The first-order valence-electron chi connectivity index (χ1n) is 10.2. The Bertz CT molecular complexity index is 1000. The molecular weight excluding hydrogens is 424 g/mol. The number of aliphatic hydroxyl groups is 1. The number of ketones is 1. The van der Waals surface area contributed by atoms with Crippen molar-refractivity contribution in [3.63, 3.8) is 0 Å². The largest absolute Gasteiger partial charge is 0.500 e. The lowest BCUT2D eigenvalue weighted by molar-refractivity contribution is -0.533. The van der Waals surface area contributed by atoms with Crippen LogP contribution in [0, 0.1) is 11.6 Å². The molecule has 0 bridgehead atoms. The van der Waals surface area contributed by atoms with Crippen LogP contribution in [-0.2, 0) is 20.9 Å². The number of carbonyl (C=O) groups excluding carboxylic acids is 3. The molecule has 2 aliphatic heterocycles. The number of aliphatic hydroxyl groups excluding tert-OH is 1. The Kier molecular flexibility index (Phi) is 7.02. The van der Waals surface area contributed by atoms with E-state index in [0.29, 0.717) is 32.1 Å². The summed E-state index contributed by atoms with van der Waals surface area (Å²) >= 11 is 0. The van der Waals surface area contributed by atoms with Gasteiger partial charge in [0, 0.05) is 31.3 Å². The Morgan fingerprint density at radius 2 is 2.09 bits per heavy atom. The van der Waals surface area contributed by atoms with Gasteiger partial charge in [-0.25, -0.2) is 8.78 Å². The van der Waals surface area contributed by atoms with Gasteiger partial charge in [0.15, 0.2) is 0 Å². The van der Waals surface area contributed by atoms with Crippen molar-refractivity contribution < 1.29 is 33.6 Å². The van der Waals surface area contributed by atoms with E-state index in [1.54, 1.807) is 18.9 Å². The monoisotopic (exact) mass is 450 g/mol. The predicted octanol–water partition coefficient (Wildman–Crippen LogP) is -0.862. The number of hydrogen-bond acceptors (Lipinski definition) is 6. The molecule has 1 aromatic rings. The van der Waals surface area contributed by atoms with Crippen LogP contribution >= 0.6 is 0 Å². The van der Waals surface area contributed by atoms with E-state index in [1.807, 2.05) is 0 Å². The normalized spacial score (nSPS) is 20.9. The van der Waals surface area contributed by atoms with Crippen LogP contribution in [0.2, 0.25) is 0 Å². The first-order chi connectivity index (χ1) is 15.2. The Hall–Kier alpha value is -3.15. The van der Waals surface area contributed by atoms with Crippen LogP contribution in [0.5, 0.6) is 0 Å². The molecule has 1 saturated heterocycles. The summed E-state index contributed by atoms with van der Waals surface area (Å²) in [5.74, 6) is -4.82. The number of quaternary nitrogens is 1. The highest BCUT2D eigenvalue weighted by atomic mass is 19.1. The van der Waals surface area contributed by atoms with Gasteiger partial charge >= 0.3 is 5.91 Å². The van der Waals surface area contributed by atoms with E-state index < -0.39 is 46.2 Å². The summed E-state index contributed by atoms with van der Waals surface area (Å²) in [7, 11) is 1.74. The van der Waals surface area contributed by atoms with Crippen LogP contribution in [0.1, 0.15) is 18.9 Å². The van der Waals surface area contributed by atoms with Gasteiger partial charge in [-0.1, -0.05) is 6.07 Å². The van der Waals surface area contributed by atoms with E-state index in [1.165, 1.54) is 11.4 Å². The highest BCUT2D eigenvalue weighted by molar-refractivity contribution is 6.26. The second-order valence-corrected chi connectivity index (χ2v) is 7.51. The smallest absolute Gasteiger partial charge is 0.313 e. The number of allylic oxidation sites excluding steroid dienone is 1. The number of nitrogens with one attached hydrogen (secondary N) is 3. The molecule has 9 nitrogen and oxygen atoms in total. The van der Waals surface area contributed by atoms with Gasteiger partial charge in [0.1, 0.15) is 29.1 Å². The maximum absolute atomic E-state index is 13.7. The van der Waals surface area contributed by atoms with Crippen molar-refractivity contribution in [3.8, 4) is 0 Å². The fourth-order valence-electron chi connectivity index (χ4n) is 3.90. The lowest BCUT2D eigenvalue weighted by atomic mass is 10.0. The van der Waals surface area contributed by atoms with Crippen molar-refractivity contribution in [2.75, 3.05) is 26.7 Å². The fourth-order valence-corrected chi connectivity index (χ4v) is 3.90. The maximum atomic E-state index is 13.7. The summed E-state index contributed by atoms with van der Waals surface area (Å²) in [5.41, 5.74) is -1.23. The van der Waals surface area contributed by atoms with Crippen LogP contribution in [0.3, 0.4) is 0 Å². The van der Waals surface area contributed by atoms with Gasteiger partial charge in [-0.3, -0.25) is 25.0 Å². The van der Waals surface area contributed by atoms with E-state index in [-0.39, 0.29) is 17.8 Å². The molecule has 11 heteroatoms. The number of carbonyl (C=O) groups is 3. The summed E-state index contributed by atoms with van der Waals surface area (Å²) in [6, 6.07) is 2.91. The molecule has 0 spiro atoms. The minimum Gasteiger partial charge on any atom is -0.500 e. The molecule has 0 aliphatic carbocycles. The van der Waals surface area contributed by atoms with E-state index >= 15 is 0 Å². The Balaban J connectivity index is 1.72. The molecule has 1 aromatic carbocycles. The molecule has 0 saturated carbocycles. The molecule has 2 amide bonds. The Labute approximate surface area is 183 Å². The van der Waals surface area contributed by atoms with Crippen LogP contribution in [0.25, 0.3) is 0 Å². The lowest BCUT2D eigenvalue weighted by Crippen LogP contribution is -2.82. The molecule has 0 aromatic heterocycles. The van der Waals surface area contributed by atoms with E-state index in [9.17, 15) is 28.3 Å². The molecule has 172 valence electrons. The summed E-state index contributed by atoms with van der Waals surface area (Å²) < 4.78 is 26.7. The first kappa shape index (κ1) is 23.5. The number of benzene rings is 1. The number of Topliss-reactive ketones (excluding diaryl/α,β-unsaturated/α-hetero) is 1. The minimum atomic E-state index is -1.01. The zero-order valence-electron chi connectivity index (χ0n) is 17.8. The third kappa shape index (κ3) is 4.40. The third-order valence-electron chi connectivity index (χ3n) is 5.74. The summed E-state index contributed by atoms with van der Waals surface area (Å²) in [6.07, 6.45) is 1.80. The van der Waals surface area contributed by atoms with Gasteiger partial charge in [0.2, 0.25) is 17.2 Å². The van der Waals surface area contributed by atoms with E-state index in [2.05, 4.69) is 16.0 Å². The molecule has 0 radical (unpaired) electrons. The Morgan fingerprint density at radius 3 is 2.69 bits per heavy atom. The molecule has 1 fully saturated rings. The molecule has 2 heterocycles. The van der Waals surface area contributed by atoms with E-state index in [0.717, 1.165) is 12.3 Å². The number of nitrogens with zero attached hydrogens (tertiary/aromatic N) is 1. The molecule has 32 heavy (non-hydrogen) atoms. The zero-order chi connectivity index (χ0) is 23.5. The summed E-state index contributed by atoms with van der Waals surface area (Å²) in [6.45, 7) is 3.06. The molecule has 1 unspecified atom stereocenters. The van der Waals surface area contributed by atoms with Gasteiger partial charge in [-0.2, -0.15) is 0 Å². The van der Waals surface area contributed by atoms with Crippen molar-refractivity contribution in [3.05, 3.63) is 58.6 Å². The molecular formula is C21H26F2N5O4+. The number of nitrogens with two attached hydrogens (primary N) is 1. The second-order valence-electron chi connectivity index (χ2n) is 7.51. The third-order valence-corrected chi connectivity index (χ3v) is 5.74. The standard InChI is InChI=1S/C21H25F2N5O4/c1-3-28(21(24-2)6-7-25-11-21)20(32)16-18(30)17(29)14(10-26-16)19(31)27-9-12-4-5-13(22)8-15(12)23/h4-5,8,10,24-25,30H,3,6-7,9,11H2,1-2H3,(H,26,29)(H,27,31)/p+1.